The van der Waals surface area contributed by atoms with Gasteiger partial charge in [-0.25, -0.2) is 0 Å². The van der Waals surface area contributed by atoms with Gasteiger partial charge in [-0.15, -0.1) is 6.42 Å². The summed E-state index contributed by atoms with van der Waals surface area (Å²) < 4.78 is 0. The van der Waals surface area contributed by atoms with E-state index in [-0.39, 0.29) is 0 Å². The molecule has 22 heavy (non-hydrogen) atoms. The molecule has 0 saturated heterocycles. The predicted molar refractivity (Wildman–Crippen MR) is 97.2 cm³/mol. The number of halogens is 2. The largest absolute Gasteiger partial charge is 0.330 e. The van der Waals surface area contributed by atoms with Crippen LogP contribution < -0.4 is 5.73 Å². The first-order valence-electron chi connectivity index (χ1n) is 7.83. The smallest absolute Gasteiger partial charge is 0.0605 e. The maximum Gasteiger partial charge on any atom is 0.0605 e. The topological polar surface area (TPSA) is 26.0 Å². The SMILES string of the molecule is C#Cc1cc(Cl)c(Cl)cc1/C(CCC1CC1)=C(\C)C(C)CN. The van der Waals surface area contributed by atoms with Crippen LogP contribution in [0.15, 0.2) is 17.7 Å². The van der Waals surface area contributed by atoms with Crippen LogP contribution in [0.4, 0.5) is 0 Å². The molecule has 2 N–H and O–H groups in total. The van der Waals surface area contributed by atoms with E-state index >= 15 is 0 Å². The van der Waals surface area contributed by atoms with E-state index in [4.69, 9.17) is 35.4 Å². The molecule has 0 aliphatic heterocycles. The van der Waals surface area contributed by atoms with E-state index in [0.29, 0.717) is 22.5 Å². The van der Waals surface area contributed by atoms with E-state index in [1.165, 1.54) is 30.4 Å². The lowest BCUT2D eigenvalue weighted by Crippen LogP contribution is -2.13. The Morgan fingerprint density at radius 1 is 1.36 bits per heavy atom. The second kappa shape index (κ2) is 7.55. The first kappa shape index (κ1) is 17.4. The van der Waals surface area contributed by atoms with Crippen molar-refractivity contribution in [3.8, 4) is 12.3 Å². The molecule has 1 fully saturated rings. The number of rotatable bonds is 6. The average molecular weight is 336 g/mol. The van der Waals surface area contributed by atoms with E-state index in [9.17, 15) is 0 Å². The van der Waals surface area contributed by atoms with Crippen molar-refractivity contribution in [1.29, 1.82) is 0 Å². The van der Waals surface area contributed by atoms with Gasteiger partial charge in [-0.3, -0.25) is 0 Å². The molecular weight excluding hydrogens is 313 g/mol. The van der Waals surface area contributed by atoms with Crippen molar-refractivity contribution in [2.75, 3.05) is 6.54 Å². The molecule has 2 rings (SSSR count). The molecule has 0 aromatic heterocycles. The molecule has 0 spiro atoms. The van der Waals surface area contributed by atoms with Gasteiger partial charge in [-0.1, -0.05) is 54.5 Å². The van der Waals surface area contributed by atoms with Crippen LogP contribution in [0.25, 0.3) is 5.57 Å². The average Bonchev–Trinajstić information content (AvgIpc) is 3.33. The summed E-state index contributed by atoms with van der Waals surface area (Å²) in [5.74, 6) is 3.95. The van der Waals surface area contributed by atoms with Crippen LogP contribution in [0.1, 0.15) is 50.7 Å². The highest BCUT2D eigenvalue weighted by molar-refractivity contribution is 6.42. The second-order valence-corrected chi connectivity index (χ2v) is 7.05. The van der Waals surface area contributed by atoms with Crippen molar-refractivity contribution in [2.24, 2.45) is 17.6 Å². The quantitative estimate of drug-likeness (QED) is 0.679. The summed E-state index contributed by atoms with van der Waals surface area (Å²) in [5.41, 5.74) is 10.3. The van der Waals surface area contributed by atoms with Gasteiger partial charge in [0.25, 0.3) is 0 Å². The minimum absolute atomic E-state index is 0.328. The monoisotopic (exact) mass is 335 g/mol. The Balaban J connectivity index is 2.48. The van der Waals surface area contributed by atoms with Crippen LogP contribution in [-0.4, -0.2) is 6.54 Å². The van der Waals surface area contributed by atoms with Crippen LogP contribution in [0.3, 0.4) is 0 Å². The lowest BCUT2D eigenvalue weighted by Gasteiger charge is -2.19. The third-order valence-corrected chi connectivity index (χ3v) is 5.33. The first-order chi connectivity index (χ1) is 10.5. The normalized spacial score (nSPS) is 16.9. The maximum absolute atomic E-state index is 6.23. The van der Waals surface area contributed by atoms with Gasteiger partial charge < -0.3 is 5.73 Å². The van der Waals surface area contributed by atoms with E-state index < -0.39 is 0 Å². The summed E-state index contributed by atoms with van der Waals surface area (Å²) in [6, 6.07) is 3.70. The van der Waals surface area contributed by atoms with E-state index in [1.54, 1.807) is 6.07 Å². The number of allylic oxidation sites excluding steroid dienone is 1. The predicted octanol–water partition coefficient (Wildman–Crippen LogP) is 5.53. The highest BCUT2D eigenvalue weighted by atomic mass is 35.5. The minimum Gasteiger partial charge on any atom is -0.330 e. The van der Waals surface area contributed by atoms with E-state index in [1.807, 2.05) is 6.07 Å². The van der Waals surface area contributed by atoms with Crippen LogP contribution in [0.2, 0.25) is 10.0 Å². The number of hydrogen-bond donors (Lipinski definition) is 1. The molecule has 0 radical (unpaired) electrons. The molecule has 0 bridgehead atoms. The van der Waals surface area contributed by atoms with Crippen LogP contribution >= 0.6 is 23.2 Å². The number of terminal acetylenes is 1. The third-order valence-electron chi connectivity index (χ3n) is 4.61. The molecule has 1 aliphatic rings. The van der Waals surface area contributed by atoms with Crippen molar-refractivity contribution in [2.45, 2.75) is 39.5 Å². The molecule has 1 aromatic carbocycles. The Hall–Kier alpha value is -0.940. The molecular formula is C19H23Cl2N. The van der Waals surface area contributed by atoms with Crippen molar-refractivity contribution in [3.05, 3.63) is 38.9 Å². The van der Waals surface area contributed by atoms with E-state index in [2.05, 4.69) is 19.8 Å². The number of hydrogen-bond acceptors (Lipinski definition) is 1. The van der Waals surface area contributed by atoms with Gasteiger partial charge in [0, 0.05) is 5.56 Å². The molecule has 0 heterocycles. The second-order valence-electron chi connectivity index (χ2n) is 6.24. The van der Waals surface area contributed by atoms with Gasteiger partial charge in [0.2, 0.25) is 0 Å². The fourth-order valence-electron chi connectivity index (χ4n) is 2.69. The molecule has 3 heteroatoms. The molecule has 118 valence electrons. The fraction of sp³-hybridized carbons (Fsp3) is 0.474. The van der Waals surface area contributed by atoms with Crippen LogP contribution in [-0.2, 0) is 0 Å². The molecule has 1 nitrogen and oxygen atoms in total. The van der Waals surface area contributed by atoms with Crippen molar-refractivity contribution >= 4 is 28.8 Å². The van der Waals surface area contributed by atoms with Gasteiger partial charge in [0.05, 0.1) is 10.0 Å². The van der Waals surface area contributed by atoms with Crippen molar-refractivity contribution in [1.82, 2.24) is 0 Å². The standard InChI is InChI=1S/C19H23Cl2N/c1-4-15-9-18(20)19(21)10-17(15)16(8-7-14-5-6-14)13(3)12(2)11-22/h1,9-10,12,14H,5-8,11,22H2,2-3H3/b16-13+. The summed E-state index contributed by atoms with van der Waals surface area (Å²) in [7, 11) is 0. The maximum atomic E-state index is 6.23. The Bertz CT molecular complexity index is 621. The summed E-state index contributed by atoms with van der Waals surface area (Å²) in [6.45, 7) is 4.94. The van der Waals surface area contributed by atoms with Crippen molar-refractivity contribution < 1.29 is 0 Å². The summed E-state index contributed by atoms with van der Waals surface area (Å²) in [6.07, 6.45) is 10.6. The minimum atomic E-state index is 0.328. The highest BCUT2D eigenvalue weighted by Gasteiger charge is 2.23. The number of benzene rings is 1. The van der Waals surface area contributed by atoms with Gasteiger partial charge in [0.1, 0.15) is 0 Å². The van der Waals surface area contributed by atoms with Gasteiger partial charge >= 0.3 is 0 Å². The van der Waals surface area contributed by atoms with E-state index in [0.717, 1.165) is 23.5 Å². The molecule has 1 aliphatic carbocycles. The Morgan fingerprint density at radius 3 is 2.55 bits per heavy atom. The third kappa shape index (κ3) is 4.07. The summed E-state index contributed by atoms with van der Waals surface area (Å²) in [4.78, 5) is 0. The Kier molecular flexibility index (Phi) is 5.98. The zero-order valence-electron chi connectivity index (χ0n) is 13.3. The summed E-state index contributed by atoms with van der Waals surface area (Å²) >= 11 is 12.3. The van der Waals surface area contributed by atoms with Gasteiger partial charge in [-0.05, 0) is 61.4 Å². The Morgan fingerprint density at radius 2 is 2.00 bits per heavy atom. The Labute approximate surface area is 143 Å². The van der Waals surface area contributed by atoms with Crippen LogP contribution in [0, 0.1) is 24.2 Å². The molecule has 1 aromatic rings. The first-order valence-corrected chi connectivity index (χ1v) is 8.59. The number of nitrogens with two attached hydrogens (primary N) is 1. The zero-order valence-corrected chi connectivity index (χ0v) is 14.8. The fourth-order valence-corrected chi connectivity index (χ4v) is 3.02. The van der Waals surface area contributed by atoms with Crippen LogP contribution in [0.5, 0.6) is 0 Å². The van der Waals surface area contributed by atoms with Crippen molar-refractivity contribution in [3.63, 3.8) is 0 Å². The molecule has 1 atom stereocenters. The lowest BCUT2D eigenvalue weighted by molar-refractivity contribution is 0.684. The zero-order chi connectivity index (χ0) is 16.3. The highest BCUT2D eigenvalue weighted by Crippen LogP contribution is 2.39. The van der Waals surface area contributed by atoms with Gasteiger partial charge in [0.15, 0.2) is 0 Å². The summed E-state index contributed by atoms with van der Waals surface area (Å²) in [5, 5.41) is 1.05. The molecule has 0 amide bonds. The van der Waals surface area contributed by atoms with Gasteiger partial charge in [-0.2, -0.15) is 0 Å². The molecule has 1 unspecified atom stereocenters. The lowest BCUT2D eigenvalue weighted by atomic mass is 9.87. The molecule has 1 saturated carbocycles.